The van der Waals surface area contributed by atoms with Crippen molar-refractivity contribution in [2.24, 2.45) is 0 Å². The highest BCUT2D eigenvalue weighted by molar-refractivity contribution is 8.13. The molecule has 1 rings (SSSR count). The van der Waals surface area contributed by atoms with E-state index >= 15 is 0 Å². The van der Waals surface area contributed by atoms with Gasteiger partial charge in [-0.15, -0.1) is 0 Å². The second-order valence-corrected chi connectivity index (χ2v) is 7.28. The van der Waals surface area contributed by atoms with Crippen LogP contribution in [0.3, 0.4) is 0 Å². The van der Waals surface area contributed by atoms with Crippen molar-refractivity contribution in [1.82, 2.24) is 5.32 Å². The van der Waals surface area contributed by atoms with Crippen molar-refractivity contribution in [1.29, 1.82) is 0 Å². The Morgan fingerprint density at radius 2 is 2.10 bits per heavy atom. The molecule has 0 spiro atoms. The van der Waals surface area contributed by atoms with E-state index in [9.17, 15) is 13.2 Å². The molecular formula is C14H20ClNO4S. The summed E-state index contributed by atoms with van der Waals surface area (Å²) >= 11 is 0. The summed E-state index contributed by atoms with van der Waals surface area (Å²) in [5.41, 5.74) is 0.774. The molecule has 1 aromatic carbocycles. The van der Waals surface area contributed by atoms with Gasteiger partial charge in [0.25, 0.3) is 9.05 Å². The smallest absolute Gasteiger partial charge is 0.261 e. The van der Waals surface area contributed by atoms with Crippen molar-refractivity contribution in [3.05, 3.63) is 23.8 Å². The summed E-state index contributed by atoms with van der Waals surface area (Å²) in [6, 6.07) is 4.52. The van der Waals surface area contributed by atoms with Crippen LogP contribution in [0, 0.1) is 0 Å². The molecule has 0 heterocycles. The molecule has 1 amide bonds. The summed E-state index contributed by atoms with van der Waals surface area (Å²) in [7, 11) is 3.17. The lowest BCUT2D eigenvalue weighted by Gasteiger charge is -2.16. The third kappa shape index (κ3) is 5.21. The number of carbonyl (C=O) groups excluding carboxylic acids is 1. The minimum Gasteiger partial charge on any atom is -0.493 e. The number of carbonyl (C=O) groups is 1. The first kappa shape index (κ1) is 17.8. The minimum absolute atomic E-state index is 0.0538. The molecular weight excluding hydrogens is 314 g/mol. The first-order valence-electron chi connectivity index (χ1n) is 6.71. The van der Waals surface area contributed by atoms with Gasteiger partial charge in [-0.2, -0.15) is 0 Å². The van der Waals surface area contributed by atoms with Gasteiger partial charge in [0.15, 0.2) is 0 Å². The molecule has 0 aromatic heterocycles. The van der Waals surface area contributed by atoms with E-state index in [2.05, 4.69) is 5.32 Å². The summed E-state index contributed by atoms with van der Waals surface area (Å²) in [5, 5.41) is 2.51. The Bertz CT molecular complexity index is 601. The zero-order valence-corrected chi connectivity index (χ0v) is 13.9. The van der Waals surface area contributed by atoms with Crippen LogP contribution in [0.2, 0.25) is 0 Å². The molecule has 1 N–H and O–H groups in total. The Hall–Kier alpha value is -1.27. The number of ether oxygens (including phenoxy) is 1. The number of benzene rings is 1. The predicted octanol–water partition coefficient (Wildman–Crippen LogP) is 2.64. The van der Waals surface area contributed by atoms with Crippen LogP contribution in [0.15, 0.2) is 23.1 Å². The second kappa shape index (κ2) is 7.66. The lowest BCUT2D eigenvalue weighted by atomic mass is 9.98. The summed E-state index contributed by atoms with van der Waals surface area (Å²) < 4.78 is 28.4. The third-order valence-corrected chi connectivity index (χ3v) is 4.62. The maximum absolute atomic E-state index is 11.4. The van der Waals surface area contributed by atoms with Gasteiger partial charge in [-0.05, 0) is 36.1 Å². The lowest BCUT2D eigenvalue weighted by Crippen LogP contribution is -2.20. The number of nitrogens with one attached hydrogen (secondary N) is 1. The SMILES string of the molecule is CCC(C)c1cc(S(=O)(=O)Cl)ccc1OCCC(=O)NC. The molecule has 0 bridgehead atoms. The summed E-state index contributed by atoms with van der Waals surface area (Å²) in [6.07, 6.45) is 1.07. The highest BCUT2D eigenvalue weighted by Crippen LogP contribution is 2.32. The van der Waals surface area contributed by atoms with Gasteiger partial charge in [-0.3, -0.25) is 4.79 Å². The standard InChI is InChI=1S/C14H20ClNO4S/c1-4-10(2)12-9-11(21(15,18)19)5-6-13(12)20-8-7-14(17)16-3/h5-6,9-10H,4,7-8H2,1-3H3,(H,16,17). The largest absolute Gasteiger partial charge is 0.493 e. The van der Waals surface area contributed by atoms with Crippen LogP contribution < -0.4 is 10.1 Å². The van der Waals surface area contributed by atoms with Crippen LogP contribution in [0.5, 0.6) is 5.75 Å². The summed E-state index contributed by atoms with van der Waals surface area (Å²) in [5.74, 6) is 0.593. The van der Waals surface area contributed by atoms with E-state index in [1.54, 1.807) is 13.1 Å². The third-order valence-electron chi connectivity index (χ3n) is 3.27. The van der Waals surface area contributed by atoms with E-state index in [1.165, 1.54) is 12.1 Å². The number of hydrogen-bond donors (Lipinski definition) is 1. The molecule has 0 aliphatic heterocycles. The summed E-state index contributed by atoms with van der Waals surface area (Å²) in [6.45, 7) is 4.21. The molecule has 1 unspecified atom stereocenters. The van der Waals surface area contributed by atoms with Gasteiger partial charge < -0.3 is 10.1 Å². The normalized spacial score (nSPS) is 12.8. The molecule has 5 nitrogen and oxygen atoms in total. The van der Waals surface area contributed by atoms with E-state index in [0.717, 1.165) is 12.0 Å². The fourth-order valence-electron chi connectivity index (χ4n) is 1.79. The molecule has 21 heavy (non-hydrogen) atoms. The molecule has 7 heteroatoms. The van der Waals surface area contributed by atoms with Gasteiger partial charge in [-0.1, -0.05) is 13.8 Å². The minimum atomic E-state index is -3.77. The van der Waals surface area contributed by atoms with Gasteiger partial charge in [0.1, 0.15) is 5.75 Å². The van der Waals surface area contributed by atoms with Gasteiger partial charge in [0, 0.05) is 17.7 Å². The quantitative estimate of drug-likeness (QED) is 0.778. The summed E-state index contributed by atoms with van der Waals surface area (Å²) in [4.78, 5) is 11.2. The maximum atomic E-state index is 11.4. The first-order valence-corrected chi connectivity index (χ1v) is 9.02. The van der Waals surface area contributed by atoms with Crippen molar-refractivity contribution < 1.29 is 17.9 Å². The average Bonchev–Trinajstić information content (AvgIpc) is 2.45. The van der Waals surface area contributed by atoms with Crippen molar-refractivity contribution in [2.45, 2.75) is 37.5 Å². The molecule has 0 fully saturated rings. The highest BCUT2D eigenvalue weighted by Gasteiger charge is 2.17. The van der Waals surface area contributed by atoms with Crippen LogP contribution in [0.25, 0.3) is 0 Å². The Balaban J connectivity index is 3.00. The predicted molar refractivity (Wildman–Crippen MR) is 82.4 cm³/mol. The average molecular weight is 334 g/mol. The van der Waals surface area contributed by atoms with Gasteiger partial charge in [0.2, 0.25) is 5.91 Å². The lowest BCUT2D eigenvalue weighted by molar-refractivity contribution is -0.121. The second-order valence-electron chi connectivity index (χ2n) is 4.72. The molecule has 1 aromatic rings. The van der Waals surface area contributed by atoms with Crippen molar-refractivity contribution in [3.8, 4) is 5.75 Å². The Morgan fingerprint density at radius 1 is 1.43 bits per heavy atom. The van der Waals surface area contributed by atoms with Crippen molar-refractivity contribution in [2.75, 3.05) is 13.7 Å². The Kier molecular flexibility index (Phi) is 6.48. The fraction of sp³-hybridized carbons (Fsp3) is 0.500. The first-order chi connectivity index (χ1) is 9.79. The van der Waals surface area contributed by atoms with Crippen LogP contribution >= 0.6 is 10.7 Å². The molecule has 0 radical (unpaired) electrons. The number of rotatable bonds is 7. The number of halogens is 1. The molecule has 118 valence electrons. The zero-order chi connectivity index (χ0) is 16.0. The monoisotopic (exact) mass is 333 g/mol. The van der Waals surface area contributed by atoms with Crippen molar-refractivity contribution in [3.63, 3.8) is 0 Å². The highest BCUT2D eigenvalue weighted by atomic mass is 35.7. The molecule has 0 saturated carbocycles. The van der Waals surface area contributed by atoms with Crippen LogP contribution in [0.1, 0.15) is 38.2 Å². The maximum Gasteiger partial charge on any atom is 0.261 e. The van der Waals surface area contributed by atoms with Crippen molar-refractivity contribution >= 4 is 25.6 Å². The Labute approximate surface area is 130 Å². The molecule has 1 atom stereocenters. The van der Waals surface area contributed by atoms with Gasteiger partial charge in [0.05, 0.1) is 17.9 Å². The zero-order valence-electron chi connectivity index (χ0n) is 12.3. The topological polar surface area (TPSA) is 72.5 Å². The van der Waals surface area contributed by atoms with Gasteiger partial charge >= 0.3 is 0 Å². The van der Waals surface area contributed by atoms with E-state index in [4.69, 9.17) is 15.4 Å². The van der Waals surface area contributed by atoms with E-state index in [1.807, 2.05) is 13.8 Å². The van der Waals surface area contributed by atoms with E-state index in [0.29, 0.717) is 5.75 Å². The van der Waals surface area contributed by atoms with E-state index in [-0.39, 0.29) is 29.7 Å². The van der Waals surface area contributed by atoms with Crippen LogP contribution in [-0.4, -0.2) is 28.0 Å². The van der Waals surface area contributed by atoms with Crippen LogP contribution in [-0.2, 0) is 13.8 Å². The van der Waals surface area contributed by atoms with Crippen LogP contribution in [0.4, 0.5) is 0 Å². The fourth-order valence-corrected chi connectivity index (χ4v) is 2.58. The number of amides is 1. The molecule has 0 aliphatic rings. The Morgan fingerprint density at radius 3 is 2.62 bits per heavy atom. The molecule has 0 aliphatic carbocycles. The van der Waals surface area contributed by atoms with Gasteiger partial charge in [-0.25, -0.2) is 8.42 Å². The number of hydrogen-bond acceptors (Lipinski definition) is 4. The van der Waals surface area contributed by atoms with E-state index < -0.39 is 9.05 Å². The molecule has 0 saturated heterocycles.